The zero-order chi connectivity index (χ0) is 11.8. The van der Waals surface area contributed by atoms with Gasteiger partial charge >= 0.3 is 0 Å². The third kappa shape index (κ3) is 1.85. The molecule has 1 saturated heterocycles. The highest BCUT2D eigenvalue weighted by molar-refractivity contribution is 5.43. The maximum atomic E-state index is 5.51. The molecule has 2 nitrogen and oxygen atoms in total. The van der Waals surface area contributed by atoms with Crippen molar-refractivity contribution in [3.63, 3.8) is 0 Å². The second kappa shape index (κ2) is 4.34. The van der Waals surface area contributed by atoms with Crippen LogP contribution in [0, 0.1) is 5.92 Å². The van der Waals surface area contributed by atoms with Crippen LogP contribution >= 0.6 is 0 Å². The van der Waals surface area contributed by atoms with Crippen molar-refractivity contribution >= 4 is 0 Å². The molecule has 2 aliphatic rings. The van der Waals surface area contributed by atoms with E-state index in [0.29, 0.717) is 0 Å². The van der Waals surface area contributed by atoms with E-state index in [9.17, 15) is 0 Å². The molecule has 1 aliphatic carbocycles. The van der Waals surface area contributed by atoms with Crippen LogP contribution < -0.4 is 4.74 Å². The first kappa shape index (κ1) is 11.1. The second-order valence-electron chi connectivity index (χ2n) is 5.46. The number of rotatable bonds is 1. The Bertz CT molecular complexity index is 415. The SMILES string of the molecule is COc1cccc2c1CC1C(CCCN1C)C2. The summed E-state index contributed by atoms with van der Waals surface area (Å²) >= 11 is 0. The molecule has 1 heterocycles. The first-order valence-electron chi connectivity index (χ1n) is 6.64. The molecule has 0 aromatic heterocycles. The van der Waals surface area contributed by atoms with Gasteiger partial charge < -0.3 is 9.64 Å². The smallest absolute Gasteiger partial charge is 0.122 e. The summed E-state index contributed by atoms with van der Waals surface area (Å²) < 4.78 is 5.51. The molecule has 17 heavy (non-hydrogen) atoms. The lowest BCUT2D eigenvalue weighted by atomic mass is 9.75. The Morgan fingerprint density at radius 1 is 1.29 bits per heavy atom. The Hall–Kier alpha value is -1.02. The molecule has 1 aromatic rings. The molecule has 3 rings (SSSR count). The van der Waals surface area contributed by atoms with Gasteiger partial charge in [-0.25, -0.2) is 0 Å². The number of nitrogens with zero attached hydrogens (tertiary/aromatic N) is 1. The predicted molar refractivity (Wildman–Crippen MR) is 69.5 cm³/mol. The van der Waals surface area contributed by atoms with E-state index in [4.69, 9.17) is 4.74 Å². The number of likely N-dealkylation sites (N-methyl/N-ethyl adjacent to an activating group) is 1. The highest BCUT2D eigenvalue weighted by Crippen LogP contribution is 2.37. The summed E-state index contributed by atoms with van der Waals surface area (Å²) in [6.45, 7) is 1.26. The maximum absolute atomic E-state index is 5.51. The fraction of sp³-hybridized carbons (Fsp3) is 0.600. The van der Waals surface area contributed by atoms with E-state index in [-0.39, 0.29) is 0 Å². The first-order chi connectivity index (χ1) is 8.29. The Labute approximate surface area is 104 Å². The van der Waals surface area contributed by atoms with Gasteiger partial charge in [0.05, 0.1) is 7.11 Å². The van der Waals surface area contributed by atoms with Crippen LogP contribution in [0.3, 0.4) is 0 Å². The number of ether oxygens (including phenoxy) is 1. The molecular weight excluding hydrogens is 210 g/mol. The van der Waals surface area contributed by atoms with Gasteiger partial charge in [0.1, 0.15) is 5.75 Å². The molecule has 1 fully saturated rings. The number of hydrogen-bond donors (Lipinski definition) is 0. The third-order valence-electron chi connectivity index (χ3n) is 4.54. The number of hydrogen-bond acceptors (Lipinski definition) is 2. The van der Waals surface area contributed by atoms with Gasteiger partial charge in [-0.05, 0) is 62.4 Å². The minimum Gasteiger partial charge on any atom is -0.496 e. The molecule has 92 valence electrons. The van der Waals surface area contributed by atoms with Gasteiger partial charge in [-0.2, -0.15) is 0 Å². The lowest BCUT2D eigenvalue weighted by molar-refractivity contribution is 0.111. The number of piperidine rings is 1. The molecule has 2 heteroatoms. The monoisotopic (exact) mass is 231 g/mol. The highest BCUT2D eigenvalue weighted by Gasteiger charge is 2.34. The fourth-order valence-electron chi connectivity index (χ4n) is 3.60. The summed E-state index contributed by atoms with van der Waals surface area (Å²) in [5.41, 5.74) is 2.96. The number of benzene rings is 1. The van der Waals surface area contributed by atoms with Crippen LogP contribution in [0.5, 0.6) is 5.75 Å². The van der Waals surface area contributed by atoms with Gasteiger partial charge in [0.2, 0.25) is 0 Å². The topological polar surface area (TPSA) is 12.5 Å². The van der Waals surface area contributed by atoms with Gasteiger partial charge in [-0.15, -0.1) is 0 Å². The first-order valence-corrected chi connectivity index (χ1v) is 6.64. The molecular formula is C15H21NO. The Kier molecular flexibility index (Phi) is 2.83. The predicted octanol–water partition coefficient (Wildman–Crippen LogP) is 2.50. The average Bonchev–Trinajstić information content (AvgIpc) is 2.36. The van der Waals surface area contributed by atoms with Crippen LogP contribution in [0.1, 0.15) is 24.0 Å². The van der Waals surface area contributed by atoms with E-state index in [2.05, 4.69) is 30.1 Å². The van der Waals surface area contributed by atoms with Crippen molar-refractivity contribution in [3.8, 4) is 5.75 Å². The summed E-state index contributed by atoms with van der Waals surface area (Å²) in [7, 11) is 4.06. The highest BCUT2D eigenvalue weighted by atomic mass is 16.5. The summed E-state index contributed by atoms with van der Waals surface area (Å²) in [4.78, 5) is 2.55. The fourth-order valence-corrected chi connectivity index (χ4v) is 3.60. The molecule has 0 saturated carbocycles. The molecule has 0 spiro atoms. The number of fused-ring (bicyclic) bond motifs is 2. The molecule has 0 radical (unpaired) electrons. The van der Waals surface area contributed by atoms with Crippen LogP contribution in [0.2, 0.25) is 0 Å². The van der Waals surface area contributed by atoms with Crippen molar-refractivity contribution in [1.82, 2.24) is 4.90 Å². The lowest BCUT2D eigenvalue weighted by Gasteiger charge is -2.43. The zero-order valence-corrected chi connectivity index (χ0v) is 10.8. The molecule has 2 unspecified atom stereocenters. The molecule has 1 aromatic carbocycles. The van der Waals surface area contributed by atoms with Crippen LogP contribution in [0.25, 0.3) is 0 Å². The van der Waals surface area contributed by atoms with Crippen molar-refractivity contribution in [2.24, 2.45) is 5.92 Å². The van der Waals surface area contributed by atoms with Gasteiger partial charge in [0.15, 0.2) is 0 Å². The summed E-state index contributed by atoms with van der Waals surface area (Å²) in [5, 5.41) is 0. The average molecular weight is 231 g/mol. The Morgan fingerprint density at radius 2 is 2.18 bits per heavy atom. The normalized spacial score (nSPS) is 28.4. The van der Waals surface area contributed by atoms with Crippen molar-refractivity contribution in [2.45, 2.75) is 31.7 Å². The Morgan fingerprint density at radius 3 is 3.00 bits per heavy atom. The largest absolute Gasteiger partial charge is 0.496 e. The summed E-state index contributed by atoms with van der Waals surface area (Å²) in [6.07, 6.45) is 5.16. The minimum absolute atomic E-state index is 0.729. The van der Waals surface area contributed by atoms with Crippen molar-refractivity contribution in [2.75, 3.05) is 20.7 Å². The standard InChI is InChI=1S/C15H21NO/c1-16-8-4-6-12-9-11-5-3-7-15(17-2)13(11)10-14(12)16/h3,5,7,12,14H,4,6,8-10H2,1-2H3. The van der Waals surface area contributed by atoms with Crippen molar-refractivity contribution in [3.05, 3.63) is 29.3 Å². The lowest BCUT2D eigenvalue weighted by Crippen LogP contribution is -2.47. The van der Waals surface area contributed by atoms with E-state index < -0.39 is 0 Å². The van der Waals surface area contributed by atoms with Crippen LogP contribution in [0.4, 0.5) is 0 Å². The number of methoxy groups -OCH3 is 1. The van der Waals surface area contributed by atoms with E-state index in [1.807, 2.05) is 0 Å². The van der Waals surface area contributed by atoms with Crippen LogP contribution in [-0.4, -0.2) is 31.6 Å². The van der Waals surface area contributed by atoms with E-state index in [1.165, 1.54) is 43.4 Å². The molecule has 0 bridgehead atoms. The number of likely N-dealkylation sites (tertiary alicyclic amines) is 1. The minimum atomic E-state index is 0.729. The summed E-state index contributed by atoms with van der Waals surface area (Å²) in [5.74, 6) is 1.94. The molecule has 2 atom stereocenters. The van der Waals surface area contributed by atoms with E-state index >= 15 is 0 Å². The van der Waals surface area contributed by atoms with Crippen molar-refractivity contribution < 1.29 is 4.74 Å². The third-order valence-corrected chi connectivity index (χ3v) is 4.54. The second-order valence-corrected chi connectivity index (χ2v) is 5.46. The van der Waals surface area contributed by atoms with Gasteiger partial charge in [0, 0.05) is 6.04 Å². The Balaban J connectivity index is 1.96. The zero-order valence-electron chi connectivity index (χ0n) is 10.8. The van der Waals surface area contributed by atoms with Gasteiger partial charge in [-0.1, -0.05) is 12.1 Å². The quantitative estimate of drug-likeness (QED) is 0.736. The van der Waals surface area contributed by atoms with Crippen LogP contribution in [0.15, 0.2) is 18.2 Å². The molecule has 1 aliphatic heterocycles. The van der Waals surface area contributed by atoms with E-state index in [0.717, 1.165) is 17.7 Å². The van der Waals surface area contributed by atoms with E-state index in [1.54, 1.807) is 7.11 Å². The van der Waals surface area contributed by atoms with Crippen LogP contribution in [-0.2, 0) is 12.8 Å². The molecule has 0 N–H and O–H groups in total. The molecule has 0 amide bonds. The summed E-state index contributed by atoms with van der Waals surface area (Å²) in [6, 6.07) is 7.24. The van der Waals surface area contributed by atoms with Gasteiger partial charge in [-0.3, -0.25) is 0 Å². The maximum Gasteiger partial charge on any atom is 0.122 e. The van der Waals surface area contributed by atoms with Gasteiger partial charge in [0.25, 0.3) is 0 Å². The van der Waals surface area contributed by atoms with Crippen molar-refractivity contribution in [1.29, 1.82) is 0 Å².